The Kier molecular flexibility index (Phi) is 5.13. The summed E-state index contributed by atoms with van der Waals surface area (Å²) >= 11 is 0. The van der Waals surface area contributed by atoms with E-state index < -0.39 is 17.7 Å². The number of morpholine rings is 1. The lowest BCUT2D eigenvalue weighted by molar-refractivity contribution is -0.141. The minimum atomic E-state index is -0.961. The van der Waals surface area contributed by atoms with Gasteiger partial charge in [0.05, 0.1) is 31.3 Å². The van der Waals surface area contributed by atoms with Gasteiger partial charge in [-0.2, -0.15) is 0 Å². The quantitative estimate of drug-likeness (QED) is 0.752. The summed E-state index contributed by atoms with van der Waals surface area (Å²) in [6.45, 7) is 4.51. The minimum Gasteiger partial charge on any atom is -0.481 e. The van der Waals surface area contributed by atoms with Gasteiger partial charge in [0.2, 0.25) is 0 Å². The van der Waals surface area contributed by atoms with Gasteiger partial charge in [-0.1, -0.05) is 0 Å². The third kappa shape index (κ3) is 5.44. The number of ether oxygens (including phenoxy) is 1. The molecule has 0 aromatic heterocycles. The zero-order chi connectivity index (χ0) is 14.6. The van der Waals surface area contributed by atoms with Gasteiger partial charge < -0.3 is 24.7 Å². The highest BCUT2D eigenvalue weighted by molar-refractivity contribution is 5.74. The maximum atomic E-state index is 12.1. The number of carboxylic acids is 1. The molecule has 1 aliphatic heterocycles. The number of nitrogens with zero attached hydrogens (tertiary/aromatic N) is 2. The normalized spacial score (nSPS) is 20.2. The van der Waals surface area contributed by atoms with Crippen LogP contribution >= 0.6 is 0 Å². The van der Waals surface area contributed by atoms with Gasteiger partial charge in [-0.15, -0.1) is 0 Å². The van der Waals surface area contributed by atoms with Crippen molar-refractivity contribution in [1.29, 1.82) is 0 Å². The zero-order valence-electron chi connectivity index (χ0n) is 11.6. The van der Waals surface area contributed by atoms with Crippen LogP contribution in [0.4, 0.5) is 4.79 Å². The number of amides is 2. The average Bonchev–Trinajstić information content (AvgIpc) is 2.25. The fraction of sp³-hybridized carbons (Fsp3) is 0.833. The van der Waals surface area contributed by atoms with Crippen LogP contribution in [0.3, 0.4) is 0 Å². The Morgan fingerprint density at radius 3 is 2.63 bits per heavy atom. The largest absolute Gasteiger partial charge is 0.481 e. The van der Waals surface area contributed by atoms with Crippen molar-refractivity contribution in [3.05, 3.63) is 0 Å². The van der Waals surface area contributed by atoms with Crippen LogP contribution in [0.25, 0.3) is 0 Å². The highest BCUT2D eigenvalue weighted by atomic mass is 16.5. The number of aliphatic hydroxyl groups is 1. The van der Waals surface area contributed by atoms with E-state index >= 15 is 0 Å². The molecule has 1 fully saturated rings. The SMILES string of the molecule is CN(CC(C)(C)O)C(=O)N1CCOC(CC(=O)O)C1. The number of hydrogen-bond acceptors (Lipinski definition) is 4. The van der Waals surface area contributed by atoms with Crippen molar-refractivity contribution in [2.75, 3.05) is 33.3 Å². The van der Waals surface area contributed by atoms with Crippen LogP contribution in [-0.4, -0.2) is 77.0 Å². The van der Waals surface area contributed by atoms with Crippen LogP contribution in [0.1, 0.15) is 20.3 Å². The molecule has 1 atom stereocenters. The number of urea groups is 1. The molecule has 0 aromatic rings. The lowest BCUT2D eigenvalue weighted by Gasteiger charge is -2.36. The van der Waals surface area contributed by atoms with Crippen LogP contribution < -0.4 is 0 Å². The summed E-state index contributed by atoms with van der Waals surface area (Å²) in [5.41, 5.74) is -0.961. The summed E-state index contributed by atoms with van der Waals surface area (Å²) in [6, 6.07) is -0.221. The molecule has 2 amide bonds. The van der Waals surface area contributed by atoms with E-state index in [0.717, 1.165) is 0 Å². The van der Waals surface area contributed by atoms with E-state index in [2.05, 4.69) is 0 Å². The van der Waals surface area contributed by atoms with Crippen molar-refractivity contribution >= 4 is 12.0 Å². The number of hydrogen-bond donors (Lipinski definition) is 2. The van der Waals surface area contributed by atoms with E-state index in [0.29, 0.717) is 13.2 Å². The minimum absolute atomic E-state index is 0.112. The van der Waals surface area contributed by atoms with Crippen LogP contribution in [-0.2, 0) is 9.53 Å². The first-order chi connectivity index (χ1) is 8.69. The van der Waals surface area contributed by atoms with Gasteiger partial charge in [0.15, 0.2) is 0 Å². The van der Waals surface area contributed by atoms with Crippen LogP contribution in [0, 0.1) is 0 Å². The Balaban J connectivity index is 2.54. The molecule has 0 saturated carbocycles. The van der Waals surface area contributed by atoms with Gasteiger partial charge in [-0.3, -0.25) is 4.79 Å². The fourth-order valence-corrected chi connectivity index (χ4v) is 2.10. The number of aliphatic carboxylic acids is 1. The molecule has 7 heteroatoms. The molecule has 0 bridgehead atoms. The Hall–Kier alpha value is -1.34. The molecule has 7 nitrogen and oxygen atoms in total. The highest BCUT2D eigenvalue weighted by Crippen LogP contribution is 2.12. The Labute approximate surface area is 112 Å². The van der Waals surface area contributed by atoms with E-state index in [-0.39, 0.29) is 25.5 Å². The molecular formula is C12H22N2O5. The van der Waals surface area contributed by atoms with Gasteiger partial charge in [0.1, 0.15) is 0 Å². The summed E-state index contributed by atoms with van der Waals surface area (Å²) < 4.78 is 5.31. The van der Waals surface area contributed by atoms with Gasteiger partial charge in [0.25, 0.3) is 0 Å². The summed E-state index contributed by atoms with van der Waals surface area (Å²) in [5.74, 6) is -0.941. The second kappa shape index (κ2) is 6.21. The van der Waals surface area contributed by atoms with E-state index in [1.54, 1.807) is 25.8 Å². The average molecular weight is 274 g/mol. The first-order valence-corrected chi connectivity index (χ1v) is 6.25. The van der Waals surface area contributed by atoms with Crippen molar-refractivity contribution in [3.63, 3.8) is 0 Å². The number of likely N-dealkylation sites (N-methyl/N-ethyl adjacent to an activating group) is 1. The van der Waals surface area contributed by atoms with E-state index in [1.165, 1.54) is 4.90 Å². The van der Waals surface area contributed by atoms with Crippen LogP contribution in [0.2, 0.25) is 0 Å². The molecule has 2 N–H and O–H groups in total. The van der Waals surface area contributed by atoms with Crippen molar-refractivity contribution in [3.8, 4) is 0 Å². The van der Waals surface area contributed by atoms with Crippen molar-refractivity contribution < 1.29 is 24.5 Å². The monoisotopic (exact) mass is 274 g/mol. The van der Waals surface area contributed by atoms with Crippen molar-refractivity contribution in [1.82, 2.24) is 9.80 Å². The first-order valence-electron chi connectivity index (χ1n) is 6.25. The molecule has 0 aliphatic carbocycles. The second-order valence-corrected chi connectivity index (χ2v) is 5.49. The van der Waals surface area contributed by atoms with E-state index in [4.69, 9.17) is 9.84 Å². The Morgan fingerprint density at radius 1 is 1.47 bits per heavy atom. The summed E-state index contributed by atoms with van der Waals surface area (Å²) in [4.78, 5) is 25.8. The van der Waals surface area contributed by atoms with Crippen molar-refractivity contribution in [2.24, 2.45) is 0 Å². The molecule has 1 unspecified atom stereocenters. The summed E-state index contributed by atoms with van der Waals surface area (Å²) in [6.07, 6.45) is -0.579. The predicted molar refractivity (Wildman–Crippen MR) is 67.9 cm³/mol. The van der Waals surface area contributed by atoms with Gasteiger partial charge >= 0.3 is 12.0 Å². The lowest BCUT2D eigenvalue weighted by Crippen LogP contribution is -2.52. The van der Waals surface area contributed by atoms with Gasteiger partial charge in [0, 0.05) is 20.1 Å². The maximum absolute atomic E-state index is 12.1. The van der Waals surface area contributed by atoms with Gasteiger partial charge in [-0.25, -0.2) is 4.79 Å². The molecule has 1 aliphatic rings. The maximum Gasteiger partial charge on any atom is 0.320 e. The summed E-state index contributed by atoms with van der Waals surface area (Å²) in [7, 11) is 1.61. The number of carbonyl (C=O) groups is 2. The van der Waals surface area contributed by atoms with Crippen LogP contribution in [0.5, 0.6) is 0 Å². The standard InChI is InChI=1S/C12H22N2O5/c1-12(2,18)8-13(3)11(17)14-4-5-19-9(7-14)6-10(15)16/h9,18H,4-8H2,1-3H3,(H,15,16). The van der Waals surface area contributed by atoms with E-state index in [9.17, 15) is 14.7 Å². The Morgan fingerprint density at radius 2 is 2.11 bits per heavy atom. The molecule has 1 rings (SSSR count). The molecule has 1 saturated heterocycles. The third-order valence-electron chi connectivity index (χ3n) is 2.76. The third-order valence-corrected chi connectivity index (χ3v) is 2.76. The highest BCUT2D eigenvalue weighted by Gasteiger charge is 2.29. The molecular weight excluding hydrogens is 252 g/mol. The fourth-order valence-electron chi connectivity index (χ4n) is 2.10. The molecule has 0 aromatic carbocycles. The zero-order valence-corrected chi connectivity index (χ0v) is 11.6. The topological polar surface area (TPSA) is 90.3 Å². The molecule has 19 heavy (non-hydrogen) atoms. The molecule has 1 heterocycles. The number of carbonyl (C=O) groups excluding carboxylic acids is 1. The smallest absolute Gasteiger partial charge is 0.320 e. The van der Waals surface area contributed by atoms with Crippen molar-refractivity contribution in [2.45, 2.75) is 32.0 Å². The number of rotatable bonds is 4. The lowest BCUT2D eigenvalue weighted by atomic mass is 10.1. The van der Waals surface area contributed by atoms with Gasteiger partial charge in [-0.05, 0) is 13.8 Å². The molecule has 110 valence electrons. The predicted octanol–water partition coefficient (Wildman–Crippen LogP) is -0.0154. The first kappa shape index (κ1) is 15.7. The van der Waals surface area contributed by atoms with Crippen LogP contribution in [0.15, 0.2) is 0 Å². The summed E-state index contributed by atoms with van der Waals surface area (Å²) in [5, 5.41) is 18.4. The number of carboxylic acid groups (broad SMARTS) is 1. The Bertz CT molecular complexity index is 340. The molecule has 0 spiro atoms. The molecule has 0 radical (unpaired) electrons. The van der Waals surface area contributed by atoms with E-state index in [1.807, 2.05) is 0 Å². The second-order valence-electron chi connectivity index (χ2n) is 5.49.